The van der Waals surface area contributed by atoms with E-state index in [2.05, 4.69) is 26.8 Å². The molecule has 0 radical (unpaired) electrons. The lowest BCUT2D eigenvalue weighted by atomic mass is 10.1. The quantitative estimate of drug-likeness (QED) is 0.652. The van der Waals surface area contributed by atoms with Gasteiger partial charge in [-0.05, 0) is 36.7 Å². The van der Waals surface area contributed by atoms with Crippen LogP contribution in [-0.4, -0.2) is 35.9 Å². The zero-order valence-electron chi connectivity index (χ0n) is 14.7. The number of aromatic nitrogens is 2. The molecule has 1 aliphatic rings. The van der Waals surface area contributed by atoms with Gasteiger partial charge in [-0.15, -0.1) is 0 Å². The van der Waals surface area contributed by atoms with Crippen LogP contribution in [0, 0.1) is 11.3 Å². The largest absolute Gasteiger partial charge is 0.470 e. The smallest absolute Gasteiger partial charge is 0.237 e. The zero-order chi connectivity index (χ0) is 18.5. The summed E-state index contributed by atoms with van der Waals surface area (Å²) in [5.41, 5.74) is 4.59. The molecule has 136 valence electrons. The van der Waals surface area contributed by atoms with Gasteiger partial charge in [-0.2, -0.15) is 5.26 Å². The summed E-state index contributed by atoms with van der Waals surface area (Å²) < 4.78 is 10.9. The number of ether oxygens (including phenoxy) is 1. The van der Waals surface area contributed by atoms with E-state index in [0.717, 1.165) is 36.3 Å². The highest BCUT2D eigenvalue weighted by Crippen LogP contribution is 2.30. The van der Waals surface area contributed by atoms with Gasteiger partial charge < -0.3 is 19.9 Å². The minimum atomic E-state index is 0.0207. The molecular formula is C20H19N5O2. The van der Waals surface area contributed by atoms with Crippen LogP contribution in [0.15, 0.2) is 53.5 Å². The number of nitrogens with one attached hydrogen (secondary N) is 2. The number of fused-ring (bicyclic) bond motifs is 1. The molecule has 0 fully saturated rings. The Morgan fingerprint density at radius 2 is 2.11 bits per heavy atom. The van der Waals surface area contributed by atoms with Gasteiger partial charge in [0.2, 0.25) is 5.88 Å². The van der Waals surface area contributed by atoms with Crippen molar-refractivity contribution in [1.82, 2.24) is 15.5 Å². The van der Waals surface area contributed by atoms with E-state index in [1.54, 1.807) is 18.7 Å². The molecule has 27 heavy (non-hydrogen) atoms. The summed E-state index contributed by atoms with van der Waals surface area (Å²) >= 11 is 0. The summed E-state index contributed by atoms with van der Waals surface area (Å²) in [6, 6.07) is 11.8. The van der Waals surface area contributed by atoms with Crippen LogP contribution in [0.3, 0.4) is 0 Å². The molecule has 2 aromatic heterocycles. The molecule has 1 aliphatic heterocycles. The maximum absolute atomic E-state index is 8.83. The molecule has 0 aliphatic carbocycles. The van der Waals surface area contributed by atoms with Crippen LogP contribution in [0.1, 0.15) is 11.1 Å². The maximum atomic E-state index is 8.83. The van der Waals surface area contributed by atoms with Crippen LogP contribution >= 0.6 is 0 Å². The van der Waals surface area contributed by atoms with Crippen molar-refractivity contribution in [2.24, 2.45) is 0 Å². The number of pyridine rings is 1. The number of anilines is 1. The SMILES string of the molecule is N#Cc1ccc(CCNCC2CNc3cc(-c4cnoc4)cnc3O2)cc1. The summed E-state index contributed by atoms with van der Waals surface area (Å²) in [7, 11) is 0. The van der Waals surface area contributed by atoms with Crippen LogP contribution in [0.25, 0.3) is 11.1 Å². The van der Waals surface area contributed by atoms with Crippen LogP contribution in [0.2, 0.25) is 0 Å². The van der Waals surface area contributed by atoms with Gasteiger partial charge in [-0.3, -0.25) is 0 Å². The second-order valence-corrected chi connectivity index (χ2v) is 6.37. The highest BCUT2D eigenvalue weighted by Gasteiger charge is 2.20. The van der Waals surface area contributed by atoms with Crippen molar-refractivity contribution < 1.29 is 9.26 Å². The van der Waals surface area contributed by atoms with E-state index in [-0.39, 0.29) is 6.10 Å². The molecule has 0 spiro atoms. The van der Waals surface area contributed by atoms with E-state index < -0.39 is 0 Å². The van der Waals surface area contributed by atoms with Gasteiger partial charge in [-0.25, -0.2) is 4.98 Å². The minimum absolute atomic E-state index is 0.0207. The Kier molecular flexibility index (Phi) is 4.99. The summed E-state index contributed by atoms with van der Waals surface area (Å²) in [5.74, 6) is 0.611. The number of hydrogen-bond donors (Lipinski definition) is 2. The highest BCUT2D eigenvalue weighted by atomic mass is 16.5. The Balaban J connectivity index is 1.26. The molecular weight excluding hydrogens is 342 g/mol. The van der Waals surface area contributed by atoms with Crippen molar-refractivity contribution in [3.05, 3.63) is 60.1 Å². The topological polar surface area (TPSA) is 96.0 Å². The Hall–Kier alpha value is -3.37. The maximum Gasteiger partial charge on any atom is 0.237 e. The van der Waals surface area contributed by atoms with Crippen molar-refractivity contribution in [2.75, 3.05) is 25.0 Å². The molecule has 2 N–H and O–H groups in total. The Morgan fingerprint density at radius 1 is 1.22 bits per heavy atom. The van der Waals surface area contributed by atoms with Crippen molar-refractivity contribution in [3.63, 3.8) is 0 Å². The second kappa shape index (κ2) is 7.89. The van der Waals surface area contributed by atoms with E-state index in [4.69, 9.17) is 14.5 Å². The van der Waals surface area contributed by atoms with Crippen LogP contribution in [0.4, 0.5) is 5.69 Å². The van der Waals surface area contributed by atoms with Gasteiger partial charge >= 0.3 is 0 Å². The monoisotopic (exact) mass is 361 g/mol. The third-order valence-electron chi connectivity index (χ3n) is 4.46. The molecule has 3 heterocycles. The summed E-state index contributed by atoms with van der Waals surface area (Å²) in [5, 5.41) is 19.3. The van der Waals surface area contributed by atoms with Crippen molar-refractivity contribution in [2.45, 2.75) is 12.5 Å². The summed E-state index contributed by atoms with van der Waals surface area (Å²) in [6.45, 7) is 2.29. The van der Waals surface area contributed by atoms with Gasteiger partial charge in [-0.1, -0.05) is 17.3 Å². The van der Waals surface area contributed by atoms with Crippen LogP contribution < -0.4 is 15.4 Å². The normalized spacial score (nSPS) is 15.3. The van der Waals surface area contributed by atoms with Gasteiger partial charge in [0.15, 0.2) is 0 Å². The Morgan fingerprint density at radius 3 is 2.89 bits per heavy atom. The molecule has 0 saturated heterocycles. The fourth-order valence-electron chi connectivity index (χ4n) is 2.96. The number of nitriles is 1. The van der Waals surface area contributed by atoms with Gasteiger partial charge in [0.1, 0.15) is 12.4 Å². The number of benzene rings is 1. The second-order valence-electron chi connectivity index (χ2n) is 6.37. The average molecular weight is 361 g/mol. The van der Waals surface area contributed by atoms with Gasteiger partial charge in [0, 0.05) is 23.9 Å². The predicted molar refractivity (Wildman–Crippen MR) is 100 cm³/mol. The summed E-state index contributed by atoms with van der Waals surface area (Å²) in [6.07, 6.45) is 5.94. The number of rotatable bonds is 6. The predicted octanol–water partition coefficient (Wildman–Crippen LogP) is 2.61. The molecule has 1 aromatic carbocycles. The standard InChI is InChI=1S/C20H19N5O2/c21-8-15-3-1-14(2-4-15)5-6-22-11-18-12-23-19-7-16(9-24-20(19)27-18)17-10-25-26-13-17/h1-4,7,9-10,13,18,22-23H,5-6,11-12H2. The van der Waals surface area contributed by atoms with E-state index in [1.807, 2.05) is 30.3 Å². The van der Waals surface area contributed by atoms with E-state index in [0.29, 0.717) is 18.0 Å². The number of hydrogen-bond acceptors (Lipinski definition) is 7. The lowest BCUT2D eigenvalue weighted by Gasteiger charge is -2.27. The molecule has 0 saturated carbocycles. The van der Waals surface area contributed by atoms with Crippen LogP contribution in [0.5, 0.6) is 5.88 Å². The third kappa shape index (κ3) is 4.07. The molecule has 7 heteroatoms. The molecule has 4 rings (SSSR count). The third-order valence-corrected chi connectivity index (χ3v) is 4.46. The molecule has 7 nitrogen and oxygen atoms in total. The minimum Gasteiger partial charge on any atom is -0.470 e. The van der Waals surface area contributed by atoms with Gasteiger partial charge in [0.25, 0.3) is 0 Å². The molecule has 3 aromatic rings. The fraction of sp³-hybridized carbons (Fsp3) is 0.250. The molecule has 1 unspecified atom stereocenters. The van der Waals surface area contributed by atoms with Crippen molar-refractivity contribution in [1.29, 1.82) is 5.26 Å². The first kappa shape index (κ1) is 17.1. The Bertz CT molecular complexity index is 932. The van der Waals surface area contributed by atoms with Gasteiger partial charge in [0.05, 0.1) is 30.1 Å². The first-order valence-electron chi connectivity index (χ1n) is 8.82. The van der Waals surface area contributed by atoms with Crippen molar-refractivity contribution >= 4 is 5.69 Å². The first-order chi connectivity index (χ1) is 13.3. The highest BCUT2D eigenvalue weighted by molar-refractivity contribution is 5.68. The van der Waals surface area contributed by atoms with E-state index in [9.17, 15) is 0 Å². The lowest BCUT2D eigenvalue weighted by Crippen LogP contribution is -2.40. The van der Waals surface area contributed by atoms with Crippen LogP contribution in [-0.2, 0) is 6.42 Å². The van der Waals surface area contributed by atoms with Crippen molar-refractivity contribution in [3.8, 4) is 23.1 Å². The Labute approximate surface area is 157 Å². The van der Waals surface area contributed by atoms with E-state index in [1.165, 1.54) is 5.56 Å². The summed E-state index contributed by atoms with van der Waals surface area (Å²) in [4.78, 5) is 4.41. The average Bonchev–Trinajstić information content (AvgIpc) is 3.26. The zero-order valence-corrected chi connectivity index (χ0v) is 14.7. The number of nitrogens with zero attached hydrogens (tertiary/aromatic N) is 3. The molecule has 0 bridgehead atoms. The lowest BCUT2D eigenvalue weighted by molar-refractivity contribution is 0.194. The fourth-order valence-corrected chi connectivity index (χ4v) is 2.96. The molecule has 1 atom stereocenters. The molecule has 0 amide bonds. The first-order valence-corrected chi connectivity index (χ1v) is 8.82. The van der Waals surface area contributed by atoms with E-state index >= 15 is 0 Å².